The Morgan fingerprint density at radius 3 is 1.01 bits per heavy atom. The SMILES string of the molecule is CC.CC.CC.CC.CC.CC.Cc1cc2ccccc2cc1C.Cc1cc2ccccc2nc1C.Cc1cccnc1C.Cc1ccncc1C.Cc1ccncc1C.Cc1cncnc1C. The molecule has 0 radical (unpaired) electrons. The summed E-state index contributed by atoms with van der Waals surface area (Å²) in [5.74, 6) is 0. The number of pyridine rings is 4. The fourth-order valence-corrected chi connectivity index (χ4v) is 4.90. The molecule has 0 saturated heterocycles. The number of benzene rings is 3. The standard InChI is InChI=1S/C12H12.C11H11N.3C7H9N.C6H8N2.6C2H6/c1-9-7-11-5-3-4-6-12(11)8-10(9)2;1-8-7-10-5-3-4-6-11(10)12-9(8)2;2*1-6-3-4-8-5-7(6)2;1-6-4-3-5-8-7(6)2;1-5-3-7-4-8-6(5)2;6*1-2/h3-8H,1-2H3;3-7H,1-2H3;3*3-5H,1-2H3;3-4H,1-2H3;6*1-2H3. The highest BCUT2D eigenvalue weighted by Gasteiger charge is 1.97. The number of nitrogens with zero attached hydrogens (tertiary/aromatic N) is 6. The summed E-state index contributed by atoms with van der Waals surface area (Å²) < 4.78 is 0. The molecule has 0 aliphatic rings. The minimum atomic E-state index is 1.06. The van der Waals surface area contributed by atoms with Gasteiger partial charge >= 0.3 is 0 Å². The second kappa shape index (κ2) is 44.7. The van der Waals surface area contributed by atoms with E-state index >= 15 is 0 Å². The molecule has 8 rings (SSSR count). The lowest BCUT2D eigenvalue weighted by atomic mass is 10.0. The summed E-state index contributed by atoms with van der Waals surface area (Å²) in [6, 6.07) is 31.3. The smallest absolute Gasteiger partial charge is 0.115 e. The summed E-state index contributed by atoms with van der Waals surface area (Å²) in [4.78, 5) is 24.2. The van der Waals surface area contributed by atoms with Crippen molar-refractivity contribution < 1.29 is 0 Å². The van der Waals surface area contributed by atoms with E-state index in [0.29, 0.717) is 0 Å². The van der Waals surface area contributed by atoms with Crippen LogP contribution in [0.2, 0.25) is 0 Å². The van der Waals surface area contributed by atoms with Gasteiger partial charge in [0.1, 0.15) is 6.33 Å². The van der Waals surface area contributed by atoms with Crippen LogP contribution in [0.15, 0.2) is 135 Å². The van der Waals surface area contributed by atoms with Gasteiger partial charge in [0.25, 0.3) is 0 Å². The fraction of sp³-hybridized carbons (Fsp3) is 0.387. The van der Waals surface area contributed by atoms with Crippen molar-refractivity contribution in [3.8, 4) is 0 Å². The number of hydrogen-bond acceptors (Lipinski definition) is 6. The highest BCUT2D eigenvalue weighted by atomic mass is 14.8. The summed E-state index contributed by atoms with van der Waals surface area (Å²) in [7, 11) is 0. The van der Waals surface area contributed by atoms with E-state index in [0.717, 1.165) is 28.2 Å². The Morgan fingerprint density at radius 2 is 0.676 bits per heavy atom. The van der Waals surface area contributed by atoms with Crippen molar-refractivity contribution in [2.24, 2.45) is 0 Å². The number of para-hydroxylation sites is 1. The molecule has 68 heavy (non-hydrogen) atoms. The Labute approximate surface area is 417 Å². The van der Waals surface area contributed by atoms with Gasteiger partial charge in [-0.05, 0) is 174 Å². The van der Waals surface area contributed by atoms with Crippen molar-refractivity contribution in [1.82, 2.24) is 29.9 Å². The van der Waals surface area contributed by atoms with Crippen LogP contribution < -0.4 is 0 Å². The topological polar surface area (TPSA) is 77.3 Å². The van der Waals surface area contributed by atoms with Crippen LogP contribution in [-0.2, 0) is 0 Å². The van der Waals surface area contributed by atoms with Gasteiger partial charge in [-0.1, -0.05) is 144 Å². The van der Waals surface area contributed by atoms with E-state index in [2.05, 4.69) is 140 Å². The van der Waals surface area contributed by atoms with Crippen LogP contribution in [0.25, 0.3) is 21.7 Å². The van der Waals surface area contributed by atoms with Crippen LogP contribution in [0.4, 0.5) is 0 Å². The van der Waals surface area contributed by atoms with Crippen LogP contribution in [0, 0.1) is 83.1 Å². The molecule has 0 atom stereocenters. The quantitative estimate of drug-likeness (QED) is 0.151. The Kier molecular flexibility index (Phi) is 45.0. The predicted octanol–water partition coefficient (Wildman–Crippen LogP) is 18.7. The van der Waals surface area contributed by atoms with Crippen LogP contribution in [0.3, 0.4) is 0 Å². The zero-order valence-electron chi connectivity index (χ0n) is 47.4. The minimum Gasteiger partial charge on any atom is -0.264 e. The minimum absolute atomic E-state index is 1.06. The molecule has 5 heterocycles. The van der Waals surface area contributed by atoms with E-state index in [9.17, 15) is 0 Å². The van der Waals surface area contributed by atoms with Gasteiger partial charge in [-0.3, -0.25) is 19.9 Å². The maximum atomic E-state index is 4.48. The van der Waals surface area contributed by atoms with Gasteiger partial charge in [0.2, 0.25) is 0 Å². The first-order chi connectivity index (χ1) is 32.8. The number of fused-ring (bicyclic) bond motifs is 2. The summed E-state index contributed by atoms with van der Waals surface area (Å²) in [6.45, 7) is 48.8. The van der Waals surface area contributed by atoms with E-state index in [1.807, 2.05) is 184 Å². The average Bonchev–Trinajstić information content (AvgIpc) is 3.38. The molecular formula is C62H94N6. The molecule has 0 N–H and O–H groups in total. The first kappa shape index (κ1) is 68.4. The Bertz CT molecular complexity index is 2000. The Morgan fingerprint density at radius 1 is 0.279 bits per heavy atom. The van der Waals surface area contributed by atoms with E-state index in [1.165, 1.54) is 60.7 Å². The molecular weight excluding hydrogens is 829 g/mol. The molecule has 372 valence electrons. The van der Waals surface area contributed by atoms with Gasteiger partial charge in [0.05, 0.1) is 5.52 Å². The molecule has 8 aromatic rings. The van der Waals surface area contributed by atoms with E-state index in [4.69, 9.17) is 0 Å². The molecule has 6 nitrogen and oxygen atoms in total. The summed E-state index contributed by atoms with van der Waals surface area (Å²) in [5, 5.41) is 3.89. The molecule has 6 heteroatoms. The molecule has 0 amide bonds. The van der Waals surface area contributed by atoms with Crippen LogP contribution in [0.5, 0.6) is 0 Å². The highest BCUT2D eigenvalue weighted by Crippen LogP contribution is 2.18. The van der Waals surface area contributed by atoms with Crippen molar-refractivity contribution in [2.75, 3.05) is 0 Å². The first-order valence-electron chi connectivity index (χ1n) is 24.9. The van der Waals surface area contributed by atoms with Gasteiger partial charge in [-0.2, -0.15) is 0 Å². The number of aromatic nitrogens is 6. The van der Waals surface area contributed by atoms with Crippen LogP contribution in [0.1, 0.15) is 150 Å². The van der Waals surface area contributed by atoms with E-state index in [1.54, 1.807) is 6.33 Å². The maximum Gasteiger partial charge on any atom is 0.115 e. The van der Waals surface area contributed by atoms with Gasteiger partial charge < -0.3 is 0 Å². The van der Waals surface area contributed by atoms with E-state index < -0.39 is 0 Å². The van der Waals surface area contributed by atoms with Gasteiger partial charge in [0.15, 0.2) is 0 Å². The number of aryl methyl sites for hydroxylation is 12. The number of hydrogen-bond donors (Lipinski definition) is 0. The Balaban J connectivity index is -0.000000348. The Hall–Kier alpha value is -6.14. The number of rotatable bonds is 0. The third-order valence-electron chi connectivity index (χ3n) is 9.56. The van der Waals surface area contributed by atoms with Crippen molar-refractivity contribution in [3.63, 3.8) is 0 Å². The second-order valence-corrected chi connectivity index (χ2v) is 14.0. The van der Waals surface area contributed by atoms with Gasteiger partial charge in [0, 0.05) is 59.6 Å². The molecule has 0 fully saturated rings. The van der Waals surface area contributed by atoms with Crippen LogP contribution in [-0.4, -0.2) is 29.9 Å². The third-order valence-corrected chi connectivity index (χ3v) is 9.56. The third kappa shape index (κ3) is 29.5. The average molecular weight is 923 g/mol. The first-order valence-corrected chi connectivity index (χ1v) is 24.9. The molecule has 0 aliphatic carbocycles. The van der Waals surface area contributed by atoms with Crippen LogP contribution >= 0.6 is 0 Å². The molecule has 3 aromatic carbocycles. The largest absolute Gasteiger partial charge is 0.264 e. The van der Waals surface area contributed by atoms with Gasteiger partial charge in [-0.15, -0.1) is 0 Å². The van der Waals surface area contributed by atoms with Crippen molar-refractivity contribution in [3.05, 3.63) is 202 Å². The molecule has 0 saturated carbocycles. The fourth-order valence-electron chi connectivity index (χ4n) is 4.90. The molecule has 0 spiro atoms. The van der Waals surface area contributed by atoms with Crippen molar-refractivity contribution in [2.45, 2.75) is 166 Å². The lowest BCUT2D eigenvalue weighted by Gasteiger charge is -2.02. The lowest BCUT2D eigenvalue weighted by molar-refractivity contribution is 1.06. The van der Waals surface area contributed by atoms with Crippen molar-refractivity contribution >= 4 is 21.7 Å². The summed E-state index contributed by atoms with van der Waals surface area (Å²) in [6.07, 6.45) is 12.5. The maximum absolute atomic E-state index is 4.48. The van der Waals surface area contributed by atoms with E-state index in [-0.39, 0.29) is 0 Å². The normalized spacial score (nSPS) is 8.59. The van der Waals surface area contributed by atoms with Crippen molar-refractivity contribution in [1.29, 1.82) is 0 Å². The zero-order valence-corrected chi connectivity index (χ0v) is 47.4. The second-order valence-electron chi connectivity index (χ2n) is 14.0. The highest BCUT2D eigenvalue weighted by molar-refractivity contribution is 5.84. The van der Waals surface area contributed by atoms with Gasteiger partial charge in [-0.25, -0.2) is 9.97 Å². The monoisotopic (exact) mass is 923 g/mol. The zero-order chi connectivity index (χ0) is 53.0. The molecule has 0 aliphatic heterocycles. The predicted molar refractivity (Wildman–Crippen MR) is 305 cm³/mol. The molecule has 0 bridgehead atoms. The molecule has 5 aromatic heterocycles. The molecule has 0 unspecified atom stereocenters. The summed E-state index contributed by atoms with van der Waals surface area (Å²) >= 11 is 0. The summed E-state index contributed by atoms with van der Waals surface area (Å²) in [5.41, 5.74) is 15.9. The lowest BCUT2D eigenvalue weighted by Crippen LogP contribution is -1.87.